The summed E-state index contributed by atoms with van der Waals surface area (Å²) in [4.78, 5) is 10.9. The van der Waals surface area contributed by atoms with Gasteiger partial charge in [0.05, 0.1) is 5.56 Å². The lowest BCUT2D eigenvalue weighted by atomic mass is 10.0. The van der Waals surface area contributed by atoms with Crippen LogP contribution in [0.5, 0.6) is 5.75 Å². The normalized spacial score (nSPS) is 14.6. The fourth-order valence-corrected chi connectivity index (χ4v) is 1.72. The highest BCUT2D eigenvalue weighted by molar-refractivity contribution is 5.78. The molecule has 4 N–H and O–H groups in total. The molecule has 0 saturated carbocycles. The highest BCUT2D eigenvalue weighted by Crippen LogP contribution is 2.37. The molecule has 0 fully saturated rings. The van der Waals surface area contributed by atoms with E-state index < -0.39 is 29.5 Å². The molecule has 0 spiro atoms. The Morgan fingerprint density at radius 2 is 2.00 bits per heavy atom. The van der Waals surface area contributed by atoms with Crippen molar-refractivity contribution < 1.29 is 22.7 Å². The molecule has 0 radical (unpaired) electrons. The van der Waals surface area contributed by atoms with E-state index in [1.54, 1.807) is 0 Å². The van der Waals surface area contributed by atoms with E-state index in [2.05, 4.69) is 0 Å². The van der Waals surface area contributed by atoms with Crippen LogP contribution in [0.15, 0.2) is 18.2 Å². The predicted molar refractivity (Wildman–Crippen MR) is 72.7 cm³/mol. The summed E-state index contributed by atoms with van der Waals surface area (Å²) in [7, 11) is 0. The Labute approximate surface area is 121 Å². The van der Waals surface area contributed by atoms with Crippen LogP contribution in [0.2, 0.25) is 0 Å². The summed E-state index contributed by atoms with van der Waals surface area (Å²) >= 11 is 0. The quantitative estimate of drug-likeness (QED) is 0.846. The van der Waals surface area contributed by atoms with Crippen molar-refractivity contribution in [1.82, 2.24) is 0 Å². The number of amides is 1. The van der Waals surface area contributed by atoms with Crippen molar-refractivity contribution in [2.45, 2.75) is 45.0 Å². The van der Waals surface area contributed by atoms with E-state index in [1.165, 1.54) is 19.1 Å². The van der Waals surface area contributed by atoms with Gasteiger partial charge in [-0.2, -0.15) is 13.2 Å². The van der Waals surface area contributed by atoms with E-state index in [-0.39, 0.29) is 6.04 Å². The van der Waals surface area contributed by atoms with Crippen molar-refractivity contribution in [2.24, 2.45) is 11.5 Å². The number of primary amides is 1. The summed E-state index contributed by atoms with van der Waals surface area (Å²) in [6.45, 7) is 3.16. The lowest BCUT2D eigenvalue weighted by Crippen LogP contribution is -2.31. The maximum Gasteiger partial charge on any atom is 0.419 e. The Morgan fingerprint density at radius 3 is 2.48 bits per heavy atom. The van der Waals surface area contributed by atoms with Gasteiger partial charge >= 0.3 is 6.18 Å². The first-order chi connectivity index (χ1) is 9.65. The van der Waals surface area contributed by atoms with Crippen LogP contribution in [0.3, 0.4) is 0 Å². The first-order valence-electron chi connectivity index (χ1n) is 6.56. The van der Waals surface area contributed by atoms with Gasteiger partial charge in [0.1, 0.15) is 5.75 Å². The molecule has 2 atom stereocenters. The van der Waals surface area contributed by atoms with Crippen LogP contribution in [0, 0.1) is 0 Å². The molecule has 0 aromatic heterocycles. The second-order valence-electron chi connectivity index (χ2n) is 4.86. The van der Waals surface area contributed by atoms with Crippen molar-refractivity contribution >= 4 is 5.91 Å². The molecule has 1 aromatic rings. The Morgan fingerprint density at radius 1 is 1.38 bits per heavy atom. The van der Waals surface area contributed by atoms with Crippen LogP contribution >= 0.6 is 0 Å². The zero-order valence-electron chi connectivity index (χ0n) is 11.9. The summed E-state index contributed by atoms with van der Waals surface area (Å²) in [5, 5.41) is 0. The van der Waals surface area contributed by atoms with Crippen molar-refractivity contribution in [2.75, 3.05) is 0 Å². The SMILES string of the molecule is CCC(N)Cc1ccc(OC(C)C(N)=O)c(C(F)(F)F)c1. The van der Waals surface area contributed by atoms with Gasteiger partial charge in [-0.25, -0.2) is 0 Å². The maximum absolute atomic E-state index is 13.1. The van der Waals surface area contributed by atoms with Crippen LogP contribution in [0.1, 0.15) is 31.4 Å². The number of hydrogen-bond donors (Lipinski definition) is 2. The molecule has 0 saturated heterocycles. The molecule has 0 aliphatic heterocycles. The number of rotatable bonds is 6. The highest BCUT2D eigenvalue weighted by atomic mass is 19.4. The van der Waals surface area contributed by atoms with Crippen LogP contribution in [-0.4, -0.2) is 18.1 Å². The standard InChI is InChI=1S/C14H19F3N2O2/c1-3-10(18)6-9-4-5-12(21-8(2)13(19)20)11(7-9)14(15,16)17/h4-5,7-8,10H,3,6,18H2,1-2H3,(H2,19,20). The van der Waals surface area contributed by atoms with Crippen molar-refractivity contribution in [3.8, 4) is 5.75 Å². The minimum atomic E-state index is -4.58. The van der Waals surface area contributed by atoms with Crippen molar-refractivity contribution in [1.29, 1.82) is 0 Å². The molecular formula is C14H19F3N2O2. The third-order valence-electron chi connectivity index (χ3n) is 3.08. The average molecular weight is 304 g/mol. The number of halogens is 3. The van der Waals surface area contributed by atoms with Gasteiger partial charge in [-0.3, -0.25) is 4.79 Å². The summed E-state index contributed by atoms with van der Waals surface area (Å²) in [6.07, 6.45) is -4.72. The van der Waals surface area contributed by atoms with Gasteiger partial charge in [0.25, 0.3) is 5.91 Å². The fraction of sp³-hybridized carbons (Fsp3) is 0.500. The molecule has 2 unspecified atom stereocenters. The van der Waals surface area contributed by atoms with Gasteiger partial charge in [0, 0.05) is 6.04 Å². The number of hydrogen-bond acceptors (Lipinski definition) is 3. The molecule has 0 aliphatic rings. The van der Waals surface area contributed by atoms with E-state index in [4.69, 9.17) is 16.2 Å². The molecular weight excluding hydrogens is 285 g/mol. The smallest absolute Gasteiger partial charge is 0.419 e. The summed E-state index contributed by atoms with van der Waals surface area (Å²) < 4.78 is 44.2. The van der Waals surface area contributed by atoms with E-state index in [0.717, 1.165) is 6.07 Å². The van der Waals surface area contributed by atoms with Crippen molar-refractivity contribution in [3.63, 3.8) is 0 Å². The average Bonchev–Trinajstić information content (AvgIpc) is 2.38. The maximum atomic E-state index is 13.1. The van der Waals surface area contributed by atoms with Gasteiger partial charge in [-0.05, 0) is 37.5 Å². The van der Waals surface area contributed by atoms with E-state index in [1.807, 2.05) is 6.92 Å². The molecule has 4 nitrogen and oxygen atoms in total. The van der Waals surface area contributed by atoms with Gasteiger partial charge in [0.15, 0.2) is 6.10 Å². The lowest BCUT2D eigenvalue weighted by Gasteiger charge is -2.18. The van der Waals surface area contributed by atoms with Crippen LogP contribution < -0.4 is 16.2 Å². The first-order valence-corrected chi connectivity index (χ1v) is 6.56. The van der Waals surface area contributed by atoms with Gasteiger partial charge < -0.3 is 16.2 Å². The van der Waals surface area contributed by atoms with E-state index in [0.29, 0.717) is 18.4 Å². The Kier molecular flexibility index (Phi) is 5.60. The van der Waals surface area contributed by atoms with Crippen LogP contribution in [-0.2, 0) is 17.4 Å². The van der Waals surface area contributed by atoms with Crippen LogP contribution in [0.4, 0.5) is 13.2 Å². The zero-order chi connectivity index (χ0) is 16.2. The summed E-state index contributed by atoms with van der Waals surface area (Å²) in [5.41, 5.74) is 10.3. The molecule has 0 bridgehead atoms. The van der Waals surface area contributed by atoms with Gasteiger partial charge in [0.2, 0.25) is 0 Å². The van der Waals surface area contributed by atoms with Crippen molar-refractivity contribution in [3.05, 3.63) is 29.3 Å². The molecule has 118 valence electrons. The van der Waals surface area contributed by atoms with Crippen LogP contribution in [0.25, 0.3) is 0 Å². The summed E-state index contributed by atoms with van der Waals surface area (Å²) in [6, 6.07) is 3.49. The number of benzene rings is 1. The van der Waals surface area contributed by atoms with E-state index in [9.17, 15) is 18.0 Å². The minimum Gasteiger partial charge on any atom is -0.480 e. The highest BCUT2D eigenvalue weighted by Gasteiger charge is 2.35. The Balaban J connectivity index is 3.11. The van der Waals surface area contributed by atoms with Gasteiger partial charge in [-0.1, -0.05) is 13.0 Å². The zero-order valence-corrected chi connectivity index (χ0v) is 11.9. The molecule has 1 aromatic carbocycles. The topological polar surface area (TPSA) is 78.3 Å². The monoisotopic (exact) mass is 304 g/mol. The molecule has 21 heavy (non-hydrogen) atoms. The minimum absolute atomic E-state index is 0.206. The molecule has 0 aliphatic carbocycles. The number of nitrogens with two attached hydrogens (primary N) is 2. The number of carbonyl (C=O) groups excluding carboxylic acids is 1. The number of carbonyl (C=O) groups is 1. The molecule has 0 heterocycles. The summed E-state index contributed by atoms with van der Waals surface area (Å²) in [5.74, 6) is -1.25. The van der Waals surface area contributed by atoms with E-state index >= 15 is 0 Å². The first kappa shape index (κ1) is 17.3. The Hall–Kier alpha value is -1.76. The fourth-order valence-electron chi connectivity index (χ4n) is 1.72. The second-order valence-corrected chi connectivity index (χ2v) is 4.86. The van der Waals surface area contributed by atoms with Gasteiger partial charge in [-0.15, -0.1) is 0 Å². The predicted octanol–water partition coefficient (Wildman–Crippen LogP) is 2.24. The molecule has 7 heteroatoms. The molecule has 1 rings (SSSR count). The molecule has 1 amide bonds. The number of ether oxygens (including phenoxy) is 1. The second kappa shape index (κ2) is 6.80. The Bertz CT molecular complexity index is 503. The third kappa shape index (κ3) is 4.93. The third-order valence-corrected chi connectivity index (χ3v) is 3.08. The largest absolute Gasteiger partial charge is 0.480 e. The number of alkyl halides is 3. The lowest BCUT2D eigenvalue weighted by molar-refractivity contribution is -0.140.